The van der Waals surface area contributed by atoms with E-state index < -0.39 is 0 Å². The van der Waals surface area contributed by atoms with Crippen LogP contribution in [0.3, 0.4) is 0 Å². The van der Waals surface area contributed by atoms with E-state index in [0.29, 0.717) is 28.3 Å². The van der Waals surface area contributed by atoms with E-state index in [-0.39, 0.29) is 11.8 Å². The second kappa shape index (κ2) is 9.23. The number of benzene rings is 3. The molecule has 31 heavy (non-hydrogen) atoms. The lowest BCUT2D eigenvalue weighted by Crippen LogP contribution is -2.31. The van der Waals surface area contributed by atoms with Crippen LogP contribution in [0.4, 0.5) is 5.69 Å². The molecule has 0 saturated carbocycles. The van der Waals surface area contributed by atoms with Crippen molar-refractivity contribution in [2.45, 2.75) is 25.2 Å². The van der Waals surface area contributed by atoms with Crippen LogP contribution in [0.5, 0.6) is 5.75 Å². The molecule has 0 unspecified atom stereocenters. The molecule has 0 spiro atoms. The van der Waals surface area contributed by atoms with Crippen molar-refractivity contribution in [3.63, 3.8) is 0 Å². The van der Waals surface area contributed by atoms with Crippen LogP contribution in [0.15, 0.2) is 88.7 Å². The SMILES string of the molecule is CCCOc1ccc(C2=C(Sc3ccccc3)C(=O)N(c3ccc(C)cc3)C2=O)cc1. The van der Waals surface area contributed by atoms with Gasteiger partial charge >= 0.3 is 0 Å². The minimum absolute atomic E-state index is 0.302. The number of ether oxygens (including phenoxy) is 1. The molecule has 1 aliphatic rings. The number of rotatable bonds is 7. The third-order valence-corrected chi connectivity index (χ3v) is 6.00. The average Bonchev–Trinajstić information content (AvgIpc) is 3.03. The van der Waals surface area contributed by atoms with E-state index in [9.17, 15) is 9.59 Å². The lowest BCUT2D eigenvalue weighted by Gasteiger charge is -2.15. The number of thioether (sulfide) groups is 1. The summed E-state index contributed by atoms with van der Waals surface area (Å²) >= 11 is 1.32. The van der Waals surface area contributed by atoms with E-state index in [2.05, 4.69) is 6.92 Å². The highest BCUT2D eigenvalue weighted by Crippen LogP contribution is 2.41. The maximum Gasteiger partial charge on any atom is 0.272 e. The fraction of sp³-hybridized carbons (Fsp3) is 0.154. The van der Waals surface area contributed by atoms with E-state index in [1.54, 1.807) is 12.1 Å². The number of amides is 2. The van der Waals surface area contributed by atoms with Crippen LogP contribution in [0.1, 0.15) is 24.5 Å². The molecule has 0 bridgehead atoms. The van der Waals surface area contributed by atoms with Crippen molar-refractivity contribution in [2.75, 3.05) is 11.5 Å². The first-order valence-corrected chi connectivity index (χ1v) is 11.1. The third kappa shape index (κ3) is 4.42. The predicted molar refractivity (Wildman–Crippen MR) is 125 cm³/mol. The first-order chi connectivity index (χ1) is 15.1. The highest BCUT2D eigenvalue weighted by Gasteiger charge is 2.40. The Morgan fingerprint density at radius 2 is 1.52 bits per heavy atom. The van der Waals surface area contributed by atoms with Crippen LogP contribution in [0, 0.1) is 6.92 Å². The number of carbonyl (C=O) groups excluding carboxylic acids is 2. The molecule has 0 aromatic heterocycles. The number of imide groups is 1. The molecule has 0 fully saturated rings. The highest BCUT2D eigenvalue weighted by molar-refractivity contribution is 8.04. The molecule has 3 aromatic rings. The quantitative estimate of drug-likeness (QED) is 0.441. The second-order valence-electron chi connectivity index (χ2n) is 7.27. The van der Waals surface area contributed by atoms with Crippen LogP contribution >= 0.6 is 11.8 Å². The Balaban J connectivity index is 1.75. The largest absolute Gasteiger partial charge is 0.494 e. The summed E-state index contributed by atoms with van der Waals surface area (Å²) in [6.07, 6.45) is 0.920. The summed E-state index contributed by atoms with van der Waals surface area (Å²) in [5, 5.41) is 0. The van der Waals surface area contributed by atoms with Crippen molar-refractivity contribution in [2.24, 2.45) is 0 Å². The lowest BCUT2D eigenvalue weighted by molar-refractivity contribution is -0.119. The molecule has 0 aliphatic carbocycles. The number of hydrogen-bond acceptors (Lipinski definition) is 4. The Morgan fingerprint density at radius 3 is 2.16 bits per heavy atom. The number of carbonyl (C=O) groups is 2. The Bertz CT molecular complexity index is 1120. The molecule has 1 aliphatic heterocycles. The van der Waals surface area contributed by atoms with Gasteiger partial charge in [0.05, 0.1) is 22.8 Å². The lowest BCUT2D eigenvalue weighted by atomic mass is 10.1. The number of aryl methyl sites for hydroxylation is 1. The predicted octanol–water partition coefficient (Wildman–Crippen LogP) is 5.86. The van der Waals surface area contributed by atoms with Crippen molar-refractivity contribution in [3.8, 4) is 5.75 Å². The number of nitrogens with zero attached hydrogens (tertiary/aromatic N) is 1. The zero-order valence-electron chi connectivity index (χ0n) is 17.5. The molecule has 4 rings (SSSR count). The van der Waals surface area contributed by atoms with Gasteiger partial charge in [0.2, 0.25) is 0 Å². The van der Waals surface area contributed by atoms with Crippen molar-refractivity contribution in [1.29, 1.82) is 0 Å². The molecule has 0 saturated heterocycles. The molecule has 2 amide bonds. The maximum atomic E-state index is 13.5. The molecule has 4 nitrogen and oxygen atoms in total. The highest BCUT2D eigenvalue weighted by atomic mass is 32.2. The summed E-state index contributed by atoms with van der Waals surface area (Å²) in [6, 6.07) is 24.4. The molecule has 5 heteroatoms. The van der Waals surface area contributed by atoms with Crippen LogP contribution in [-0.2, 0) is 9.59 Å². The van der Waals surface area contributed by atoms with E-state index >= 15 is 0 Å². The summed E-state index contributed by atoms with van der Waals surface area (Å²) in [7, 11) is 0. The Kier molecular flexibility index (Phi) is 6.23. The summed E-state index contributed by atoms with van der Waals surface area (Å²) in [4.78, 5) is 29.5. The Labute approximate surface area is 186 Å². The number of anilines is 1. The summed E-state index contributed by atoms with van der Waals surface area (Å²) < 4.78 is 5.66. The van der Waals surface area contributed by atoms with Gasteiger partial charge in [0, 0.05) is 4.90 Å². The van der Waals surface area contributed by atoms with Gasteiger partial charge in [0.1, 0.15) is 5.75 Å². The van der Waals surface area contributed by atoms with E-state index in [1.807, 2.05) is 73.7 Å². The fourth-order valence-corrected chi connectivity index (χ4v) is 4.35. The van der Waals surface area contributed by atoms with Crippen molar-refractivity contribution in [1.82, 2.24) is 0 Å². The monoisotopic (exact) mass is 429 g/mol. The van der Waals surface area contributed by atoms with Crippen LogP contribution < -0.4 is 9.64 Å². The minimum Gasteiger partial charge on any atom is -0.494 e. The van der Waals surface area contributed by atoms with E-state index in [1.165, 1.54) is 16.7 Å². The number of hydrogen-bond donors (Lipinski definition) is 0. The normalized spacial score (nSPS) is 13.8. The topological polar surface area (TPSA) is 46.6 Å². The molecule has 0 atom stereocenters. The van der Waals surface area contributed by atoms with Gasteiger partial charge in [-0.1, -0.05) is 66.7 Å². The molecule has 156 valence electrons. The average molecular weight is 430 g/mol. The first-order valence-electron chi connectivity index (χ1n) is 10.2. The summed E-state index contributed by atoms with van der Waals surface area (Å²) in [5.41, 5.74) is 2.76. The second-order valence-corrected chi connectivity index (χ2v) is 8.36. The first kappa shape index (κ1) is 20.9. The van der Waals surface area contributed by atoms with Crippen LogP contribution in [-0.4, -0.2) is 18.4 Å². The van der Waals surface area contributed by atoms with Gasteiger partial charge < -0.3 is 4.74 Å². The molecular weight excluding hydrogens is 406 g/mol. The van der Waals surface area contributed by atoms with Crippen molar-refractivity contribution >= 4 is 34.8 Å². The minimum atomic E-state index is -0.311. The molecule has 0 N–H and O–H groups in total. The molecular formula is C26H23NO3S. The zero-order valence-corrected chi connectivity index (χ0v) is 18.3. The van der Waals surface area contributed by atoms with E-state index in [0.717, 1.165) is 22.6 Å². The summed E-state index contributed by atoms with van der Waals surface area (Å²) in [6.45, 7) is 4.66. The van der Waals surface area contributed by atoms with Crippen molar-refractivity contribution in [3.05, 3.63) is 94.9 Å². The van der Waals surface area contributed by atoms with Gasteiger partial charge in [-0.05, 0) is 55.3 Å². The summed E-state index contributed by atoms with van der Waals surface area (Å²) in [5.74, 6) is 0.133. The van der Waals surface area contributed by atoms with Gasteiger partial charge in [-0.25, -0.2) is 4.90 Å². The van der Waals surface area contributed by atoms with Gasteiger partial charge in [-0.15, -0.1) is 0 Å². The smallest absolute Gasteiger partial charge is 0.272 e. The van der Waals surface area contributed by atoms with E-state index in [4.69, 9.17) is 4.74 Å². The molecule has 3 aromatic carbocycles. The van der Waals surface area contributed by atoms with Crippen LogP contribution in [0.25, 0.3) is 5.57 Å². The Hall–Kier alpha value is -3.31. The van der Waals surface area contributed by atoms with Crippen molar-refractivity contribution < 1.29 is 14.3 Å². The van der Waals surface area contributed by atoms with Gasteiger partial charge in [0.25, 0.3) is 11.8 Å². The zero-order chi connectivity index (χ0) is 21.8. The fourth-order valence-electron chi connectivity index (χ4n) is 3.33. The molecule has 1 heterocycles. The Morgan fingerprint density at radius 1 is 0.839 bits per heavy atom. The third-order valence-electron chi connectivity index (χ3n) is 4.91. The standard InChI is InChI=1S/C26H23NO3S/c1-3-17-30-21-15-11-19(12-16-21)23-24(31-22-7-5-4-6-8-22)26(29)27(25(23)28)20-13-9-18(2)10-14-20/h4-16H,3,17H2,1-2H3. The van der Waals surface area contributed by atoms with Gasteiger partial charge in [-0.3, -0.25) is 9.59 Å². The molecule has 0 radical (unpaired) electrons. The van der Waals surface area contributed by atoms with Gasteiger partial charge in [0.15, 0.2) is 0 Å². The van der Waals surface area contributed by atoms with Gasteiger partial charge in [-0.2, -0.15) is 0 Å². The maximum absolute atomic E-state index is 13.5. The van der Waals surface area contributed by atoms with Crippen LogP contribution in [0.2, 0.25) is 0 Å².